The lowest BCUT2D eigenvalue weighted by Gasteiger charge is -2.21. The normalized spacial score (nSPS) is 20.8. The highest BCUT2D eigenvalue weighted by Gasteiger charge is 2.21. The summed E-state index contributed by atoms with van der Waals surface area (Å²) in [5, 5.41) is 0. The fourth-order valence-electron chi connectivity index (χ4n) is 1.60. The van der Waals surface area contributed by atoms with E-state index in [0.717, 1.165) is 5.56 Å². The van der Waals surface area contributed by atoms with Crippen LogP contribution < -0.4 is 0 Å². The van der Waals surface area contributed by atoms with Gasteiger partial charge in [0.2, 0.25) is 0 Å². The van der Waals surface area contributed by atoms with Gasteiger partial charge in [-0.05, 0) is 19.4 Å². The lowest BCUT2D eigenvalue weighted by Crippen LogP contribution is -2.14. The average molecular weight is 202 g/mol. The third-order valence-electron chi connectivity index (χ3n) is 2.67. The molecule has 1 atom stereocenters. The number of benzene rings is 1. The Kier molecular flexibility index (Phi) is 2.58. The summed E-state index contributed by atoms with van der Waals surface area (Å²) in [6, 6.07) is 8.10. The molecule has 1 aliphatic heterocycles. The van der Waals surface area contributed by atoms with Gasteiger partial charge in [-0.3, -0.25) is 4.79 Å². The highest BCUT2D eigenvalue weighted by molar-refractivity contribution is 5.95. The number of hydrogen-bond donors (Lipinski definition) is 0. The third-order valence-corrected chi connectivity index (χ3v) is 2.67. The smallest absolute Gasteiger partial charge is 0.165 e. The van der Waals surface area contributed by atoms with Gasteiger partial charge in [-0.25, -0.2) is 0 Å². The predicted octanol–water partition coefficient (Wildman–Crippen LogP) is 2.93. The molecule has 0 fully saturated rings. The van der Waals surface area contributed by atoms with Gasteiger partial charge in [-0.2, -0.15) is 0 Å². The second-order valence-electron chi connectivity index (χ2n) is 3.96. The Bertz CT molecular complexity index is 401. The van der Waals surface area contributed by atoms with Gasteiger partial charge >= 0.3 is 0 Å². The first-order valence-corrected chi connectivity index (χ1v) is 5.09. The van der Waals surface area contributed by atoms with E-state index in [2.05, 4.69) is 0 Å². The molecule has 0 aromatic heterocycles. The van der Waals surface area contributed by atoms with Gasteiger partial charge in [-0.1, -0.05) is 29.8 Å². The minimum absolute atomic E-state index is 0.109. The molecule has 1 aromatic carbocycles. The molecule has 0 saturated carbocycles. The molecule has 78 valence electrons. The second kappa shape index (κ2) is 3.89. The van der Waals surface area contributed by atoms with Crippen LogP contribution in [-0.2, 0) is 9.53 Å². The predicted molar refractivity (Wildman–Crippen MR) is 58.4 cm³/mol. The molecule has 1 unspecified atom stereocenters. The molecule has 1 heterocycles. The summed E-state index contributed by atoms with van der Waals surface area (Å²) in [7, 11) is 0. The van der Waals surface area contributed by atoms with E-state index in [-0.39, 0.29) is 11.9 Å². The van der Waals surface area contributed by atoms with Gasteiger partial charge in [0.05, 0.1) is 12.7 Å². The molecule has 0 amide bonds. The fraction of sp³-hybridized carbons (Fsp3) is 0.308. The molecule has 2 nitrogen and oxygen atoms in total. The van der Waals surface area contributed by atoms with Crippen molar-refractivity contribution < 1.29 is 9.53 Å². The number of Topliss-reactive ketones (excluding diaryl/α,β-unsaturated/α-hetero) is 1. The minimum Gasteiger partial charge on any atom is -0.492 e. The van der Waals surface area contributed by atoms with E-state index >= 15 is 0 Å². The van der Waals surface area contributed by atoms with Crippen molar-refractivity contribution in [2.45, 2.75) is 26.4 Å². The van der Waals surface area contributed by atoms with Crippen LogP contribution in [0.15, 0.2) is 36.1 Å². The summed E-state index contributed by atoms with van der Waals surface area (Å²) in [4.78, 5) is 11.5. The number of rotatable bonds is 1. The summed E-state index contributed by atoms with van der Waals surface area (Å²) in [5.74, 6) is 0.173. The molecule has 0 saturated heterocycles. The first-order valence-electron chi connectivity index (χ1n) is 5.09. The summed E-state index contributed by atoms with van der Waals surface area (Å²) in [6.45, 7) is 3.83. The van der Waals surface area contributed by atoms with Gasteiger partial charge in [0.25, 0.3) is 0 Å². The molecule has 1 aliphatic rings. The summed E-state index contributed by atoms with van der Waals surface area (Å²) in [5.41, 5.74) is 2.99. The zero-order valence-electron chi connectivity index (χ0n) is 8.99. The Morgan fingerprint density at radius 2 is 1.87 bits per heavy atom. The van der Waals surface area contributed by atoms with Crippen LogP contribution in [0.3, 0.4) is 0 Å². The van der Waals surface area contributed by atoms with Crippen LogP contribution in [0.5, 0.6) is 0 Å². The minimum atomic E-state index is -0.109. The Labute approximate surface area is 89.6 Å². The van der Waals surface area contributed by atoms with Crippen molar-refractivity contribution in [3.05, 3.63) is 47.2 Å². The summed E-state index contributed by atoms with van der Waals surface area (Å²) in [6.07, 6.45) is 1.91. The maximum Gasteiger partial charge on any atom is 0.165 e. The molecule has 0 radical (unpaired) electrons. The van der Waals surface area contributed by atoms with E-state index in [1.807, 2.05) is 31.2 Å². The lowest BCUT2D eigenvalue weighted by molar-refractivity contribution is -0.119. The molecular formula is C13H14O2. The van der Waals surface area contributed by atoms with E-state index < -0.39 is 0 Å². The molecule has 1 aromatic rings. The molecule has 2 rings (SSSR count). The monoisotopic (exact) mass is 202 g/mol. The largest absolute Gasteiger partial charge is 0.492 e. The number of allylic oxidation sites excluding steroid dienone is 1. The third kappa shape index (κ3) is 2.09. The molecule has 0 N–H and O–H groups in total. The van der Waals surface area contributed by atoms with E-state index in [1.165, 1.54) is 5.56 Å². The molecule has 2 heteroatoms. The molecule has 0 spiro atoms. The van der Waals surface area contributed by atoms with E-state index in [1.54, 1.807) is 13.2 Å². The van der Waals surface area contributed by atoms with E-state index in [0.29, 0.717) is 12.0 Å². The van der Waals surface area contributed by atoms with E-state index in [9.17, 15) is 4.79 Å². The fourth-order valence-corrected chi connectivity index (χ4v) is 1.60. The number of hydrogen-bond acceptors (Lipinski definition) is 2. The molecule has 0 bridgehead atoms. The van der Waals surface area contributed by atoms with Crippen molar-refractivity contribution in [2.24, 2.45) is 0 Å². The van der Waals surface area contributed by atoms with Crippen molar-refractivity contribution in [3.8, 4) is 0 Å². The van der Waals surface area contributed by atoms with Crippen LogP contribution in [0.2, 0.25) is 0 Å². The van der Waals surface area contributed by atoms with Crippen molar-refractivity contribution in [3.63, 3.8) is 0 Å². The second-order valence-corrected chi connectivity index (χ2v) is 3.96. The van der Waals surface area contributed by atoms with Crippen LogP contribution >= 0.6 is 0 Å². The first-order chi connectivity index (χ1) is 7.16. The van der Waals surface area contributed by atoms with Crippen LogP contribution in [0.1, 0.15) is 30.6 Å². The van der Waals surface area contributed by atoms with Crippen LogP contribution in [0.4, 0.5) is 0 Å². The summed E-state index contributed by atoms with van der Waals surface area (Å²) < 4.78 is 5.50. The SMILES string of the molecule is CC1=COC(c2ccc(C)cc2)CC1=O. The zero-order valence-corrected chi connectivity index (χ0v) is 8.99. The van der Waals surface area contributed by atoms with Crippen molar-refractivity contribution in [2.75, 3.05) is 0 Å². The maximum absolute atomic E-state index is 11.5. The number of carbonyl (C=O) groups is 1. The van der Waals surface area contributed by atoms with E-state index in [4.69, 9.17) is 4.74 Å². The number of carbonyl (C=O) groups excluding carboxylic acids is 1. The standard InChI is InChI=1S/C13H14O2/c1-9-3-5-11(6-4-9)13-7-12(14)10(2)8-15-13/h3-6,8,13H,7H2,1-2H3. The number of aryl methyl sites for hydroxylation is 1. The first kappa shape index (κ1) is 9.97. The maximum atomic E-state index is 11.5. The van der Waals surface area contributed by atoms with Gasteiger partial charge < -0.3 is 4.74 Å². The Morgan fingerprint density at radius 3 is 2.47 bits per heavy atom. The molecular weight excluding hydrogens is 188 g/mol. The van der Waals surface area contributed by atoms with Gasteiger partial charge in [0.15, 0.2) is 5.78 Å². The Hall–Kier alpha value is -1.57. The highest BCUT2D eigenvalue weighted by Crippen LogP contribution is 2.27. The Morgan fingerprint density at radius 1 is 1.20 bits per heavy atom. The Balaban J connectivity index is 2.20. The van der Waals surface area contributed by atoms with Crippen molar-refractivity contribution in [1.82, 2.24) is 0 Å². The van der Waals surface area contributed by atoms with Crippen LogP contribution in [-0.4, -0.2) is 5.78 Å². The number of ether oxygens (including phenoxy) is 1. The molecule has 15 heavy (non-hydrogen) atoms. The quantitative estimate of drug-likeness (QED) is 0.699. The average Bonchev–Trinajstić information content (AvgIpc) is 2.23. The lowest BCUT2D eigenvalue weighted by atomic mass is 9.99. The van der Waals surface area contributed by atoms with Gasteiger partial charge in [0.1, 0.15) is 6.10 Å². The van der Waals surface area contributed by atoms with Gasteiger partial charge in [-0.15, -0.1) is 0 Å². The molecule has 0 aliphatic carbocycles. The van der Waals surface area contributed by atoms with Gasteiger partial charge in [0, 0.05) is 5.57 Å². The summed E-state index contributed by atoms with van der Waals surface area (Å²) >= 11 is 0. The van der Waals surface area contributed by atoms with Crippen LogP contribution in [0.25, 0.3) is 0 Å². The topological polar surface area (TPSA) is 26.3 Å². The highest BCUT2D eigenvalue weighted by atomic mass is 16.5. The van der Waals surface area contributed by atoms with Crippen molar-refractivity contribution >= 4 is 5.78 Å². The van der Waals surface area contributed by atoms with Crippen LogP contribution in [0, 0.1) is 6.92 Å². The number of ketones is 1. The zero-order chi connectivity index (χ0) is 10.8. The van der Waals surface area contributed by atoms with Crippen molar-refractivity contribution in [1.29, 1.82) is 0 Å².